The van der Waals surface area contributed by atoms with E-state index in [-0.39, 0.29) is 51.2 Å². The van der Waals surface area contributed by atoms with Crippen LogP contribution in [0.5, 0.6) is 17.2 Å². The first-order chi connectivity index (χ1) is 65.2. The van der Waals surface area contributed by atoms with E-state index in [1.165, 1.54) is 121 Å². The Bertz CT molecular complexity index is 5900. The van der Waals surface area contributed by atoms with Gasteiger partial charge in [-0.05, 0) is 236 Å². The summed E-state index contributed by atoms with van der Waals surface area (Å²) in [6, 6.07) is 47.4. The van der Waals surface area contributed by atoms with Crippen molar-refractivity contribution in [2.75, 3.05) is 0 Å². The number of aryl methyl sites for hydroxylation is 12. The Hall–Kier alpha value is -7.98. The van der Waals surface area contributed by atoms with Crippen molar-refractivity contribution in [2.24, 2.45) is 26.7 Å². The van der Waals surface area contributed by atoms with Gasteiger partial charge < -0.3 is 30.3 Å². The molecule has 0 spiro atoms. The van der Waals surface area contributed by atoms with Crippen molar-refractivity contribution in [3.8, 4) is 39.5 Å². The van der Waals surface area contributed by atoms with Crippen molar-refractivity contribution in [2.45, 2.75) is 326 Å². The number of hydrogen-bond acceptors (Lipinski definition) is 7. The van der Waals surface area contributed by atoms with Crippen molar-refractivity contribution in [1.82, 2.24) is 19.9 Å². The zero-order valence-electron chi connectivity index (χ0n) is 87.0. The number of nitrogens with zero attached hydrogens (tertiary/aromatic N) is 7. The van der Waals surface area contributed by atoms with E-state index in [9.17, 15) is 41.7 Å². The van der Waals surface area contributed by atoms with Crippen LogP contribution in [-0.2, 0) is 117 Å². The Labute approximate surface area is 867 Å². The Morgan fingerprint density at radius 3 is 0.971 bits per heavy atom. The second-order valence-electron chi connectivity index (χ2n) is 41.4. The Kier molecular flexibility index (Phi) is 44.4. The molecule has 0 aliphatic heterocycles. The molecule has 0 unspecified atom stereocenters. The second kappa shape index (κ2) is 53.0. The molecule has 0 saturated carbocycles. The molecule has 4 aromatic heterocycles. The molecule has 0 bridgehead atoms. The maximum Gasteiger partial charge on any atom is 0.141 e. The zero-order valence-corrected chi connectivity index (χ0v) is 96.2. The molecule has 12 aromatic rings. The molecule has 139 heavy (non-hydrogen) atoms. The topological polar surface area (TPSA) is 153 Å². The number of hydrogen-bond donors (Lipinski definition) is 3. The molecule has 8 aromatic carbocycles. The number of aromatic hydroxyl groups is 3. The normalized spacial score (nSPS) is 13.2. The molecule has 750 valence electrons. The van der Waals surface area contributed by atoms with E-state index in [0.717, 1.165) is 107 Å². The molecule has 21 heteroatoms. The maximum absolute atomic E-state index is 13.8. The zero-order chi connectivity index (χ0) is 103. The van der Waals surface area contributed by atoms with Gasteiger partial charge in [0.05, 0.1) is 15.6 Å². The fourth-order valence-corrected chi connectivity index (χ4v) is 23.4. The molecule has 4 aliphatic rings. The molecule has 0 amide bonds. The molecule has 3 N–H and O–H groups in total. The van der Waals surface area contributed by atoms with Crippen molar-refractivity contribution in [3.05, 3.63) is 295 Å². The number of phenolic OH excluding ortho intramolecular Hbond substituents is 3. The van der Waals surface area contributed by atoms with E-state index in [2.05, 4.69) is 270 Å². The monoisotopic (exact) mass is 2280 g/mol. The third kappa shape index (κ3) is 34.9. The average Bonchev–Trinajstić information content (AvgIpc) is 1.15. The van der Waals surface area contributed by atoms with Crippen molar-refractivity contribution in [1.29, 1.82) is 0 Å². The minimum absolute atomic E-state index is 0.0405. The fourth-order valence-electron chi connectivity index (χ4n) is 17.2. The number of benzene rings is 8. The standard InChI is InChI=1S/C23H22F6O.C21H22Br2O.2C12H17N.C9H7NO.C8H9N.3C6H8N.3C5H10.3Mo/c1-12-17(22(24,25)26)10-13-6-2-4-8-15(13)19(12)20-16-9-5-3-7-14(16)11-18(21(20)30)23(27,28)29;1-12-17(22)10-13-6-2-4-8-15(13)19(12)20-16-9-5-3-7-14(16)11-18(23)21(20)24;2*1-8(2)10-6-5-7-11(9(3)4)12(10)13;11-8-5-1-3-7-4-2-6-10-9(7)8;1-6-4-3-5-7(2)8(6)9;3*1-5-3-4-6(2)7-5;3*1-5(2,3)4;;;/h10-11,30H,2-9H2,1H3;10-11,24H,2-9H2,1H3;2*5-9H,1-4H3;1-6,11H;3-5H,1-2H3;3*3-4H,1-2H3;3*1H,2-4H3;;;/q;;;;;;3*-1;;;;;;. The van der Waals surface area contributed by atoms with E-state index in [4.69, 9.17) is 10.5 Å². The van der Waals surface area contributed by atoms with E-state index < -0.39 is 65.1 Å². The fraction of sp³-hybridized carbons (Fsp3) is 0.441. The molecule has 4 heterocycles. The van der Waals surface area contributed by atoms with Crippen LogP contribution < -0.4 is 15.0 Å². The minimum atomic E-state index is -4.79. The Balaban J connectivity index is 0.000000199. The molecule has 4 aliphatic carbocycles. The first kappa shape index (κ1) is 116. The van der Waals surface area contributed by atoms with Gasteiger partial charge in [-0.15, -0.1) is 0 Å². The summed E-state index contributed by atoms with van der Waals surface area (Å²) >= 11 is 6.18. The van der Waals surface area contributed by atoms with Gasteiger partial charge in [0.15, 0.2) is 0 Å². The number of phenols is 3. The predicted molar refractivity (Wildman–Crippen MR) is 568 cm³/mol. The van der Waals surface area contributed by atoms with Crippen LogP contribution in [0.25, 0.3) is 33.2 Å². The molecule has 10 nitrogen and oxygen atoms in total. The van der Waals surface area contributed by atoms with Crippen LogP contribution in [0, 0.1) is 85.5 Å². The van der Waals surface area contributed by atoms with E-state index >= 15 is 0 Å². The summed E-state index contributed by atoms with van der Waals surface area (Å²) in [6.45, 7) is 58.0. The van der Waals surface area contributed by atoms with Crippen LogP contribution in [-0.4, -0.2) is 33.5 Å². The van der Waals surface area contributed by atoms with Gasteiger partial charge in [-0.3, -0.25) is 4.98 Å². The van der Waals surface area contributed by atoms with Gasteiger partial charge in [0, 0.05) is 27.2 Å². The van der Waals surface area contributed by atoms with Gasteiger partial charge in [-0.2, -0.15) is 60.5 Å². The van der Waals surface area contributed by atoms with Crippen LogP contribution in [0.3, 0.4) is 0 Å². The summed E-state index contributed by atoms with van der Waals surface area (Å²) in [4.78, 5) is 16.4. The summed E-state index contributed by atoms with van der Waals surface area (Å²) in [5, 5.41) is 32.0. The molecule has 0 fully saturated rings. The van der Waals surface area contributed by atoms with Gasteiger partial charge in [-0.1, -0.05) is 112 Å². The summed E-state index contributed by atoms with van der Waals surface area (Å²) in [5.41, 5.74) is 29.7. The van der Waals surface area contributed by atoms with E-state index in [1.54, 1.807) is 18.3 Å². The Morgan fingerprint density at radius 1 is 0.345 bits per heavy atom. The molecule has 16 rings (SSSR count). The van der Waals surface area contributed by atoms with Gasteiger partial charge in [0.2, 0.25) is 0 Å². The number of para-hydroxylation sites is 1. The molecule has 0 atom stereocenters. The number of fused-ring (bicyclic) bond motifs is 5. The Morgan fingerprint density at radius 2 is 0.640 bits per heavy atom. The van der Waals surface area contributed by atoms with E-state index in [1.807, 2.05) is 96.1 Å². The van der Waals surface area contributed by atoms with Crippen LogP contribution in [0.2, 0.25) is 0 Å². The minimum Gasteiger partial charge on any atom is -0.506 e. The number of rotatable bonds is 9. The van der Waals surface area contributed by atoms with Crippen LogP contribution in [0.15, 0.2) is 171 Å². The van der Waals surface area contributed by atoms with E-state index in [0.29, 0.717) is 94.7 Å². The quantitative estimate of drug-likeness (QED) is 0.0961. The predicted octanol–water partition coefficient (Wildman–Crippen LogP) is 34.9. The summed E-state index contributed by atoms with van der Waals surface area (Å²) in [6.07, 6.45) is 6.46. The van der Waals surface area contributed by atoms with Crippen LogP contribution in [0.1, 0.15) is 327 Å². The number of alkyl halides is 6. The second-order valence-corrected chi connectivity index (χ2v) is 47.7. The summed E-state index contributed by atoms with van der Waals surface area (Å²) in [5.74, 6) is 1.88. The number of halogens is 8. The van der Waals surface area contributed by atoms with Crippen molar-refractivity contribution in [3.63, 3.8) is 0 Å². The van der Waals surface area contributed by atoms with Crippen LogP contribution >= 0.6 is 31.9 Å². The molecular formula is C118H148Br2F6Mo3N7O3-3. The van der Waals surface area contributed by atoms with Crippen molar-refractivity contribution < 1.29 is 95.4 Å². The molecule has 0 radical (unpaired) electrons. The smallest absolute Gasteiger partial charge is 0.141 e. The van der Waals surface area contributed by atoms with Gasteiger partial charge in [0.25, 0.3) is 0 Å². The van der Waals surface area contributed by atoms with Gasteiger partial charge in [-0.25, -0.2) is 0 Å². The molecule has 0 saturated heterocycles. The first-order valence-electron chi connectivity index (χ1n) is 48.9. The summed E-state index contributed by atoms with van der Waals surface area (Å²) < 4.78 is 106. The average molecular weight is 2270 g/mol. The largest absolute Gasteiger partial charge is 0.506 e. The molecular weight excluding hydrogens is 2120 g/mol. The summed E-state index contributed by atoms with van der Waals surface area (Å²) in [7, 11) is 0. The third-order valence-corrected chi connectivity index (χ3v) is 33.8. The third-order valence-electron chi connectivity index (χ3n) is 24.2. The number of pyridine rings is 1. The maximum atomic E-state index is 13.8. The SMILES string of the molecule is CC(C)c1cccc(C(C)C)c1[N]=[Mo]=[CH]C(C)(C)C.CC(C)c1cccc(C(C)C)c1[N]=[Mo]=[CH]C(C)(C)C.Cc1c(Br)cc2c(c1-c1c(O)c(Br)cc3c1CCCC3)CCCC2.Cc1c(C(F)(F)F)cc2c(c1-c1c(O)c(C(F)(F)F)cc3c1CCCC3)CCCC2.Cc1ccc(C)[n-]1.Cc1ccc(C)[n-]1.Cc1ccc(C)[n-]1.Cc1cccc(C)c1[N]=[Mo]=[CH]C(C)(C)C.Oc1cccc2cccnc12. The van der Waals surface area contributed by atoms with Gasteiger partial charge in [0.1, 0.15) is 22.8 Å². The van der Waals surface area contributed by atoms with Crippen molar-refractivity contribution >= 4 is 73.0 Å². The van der Waals surface area contributed by atoms with Gasteiger partial charge >= 0.3 is 366 Å². The van der Waals surface area contributed by atoms with Crippen LogP contribution in [0.4, 0.5) is 43.4 Å². The first-order valence-corrected chi connectivity index (χ1v) is 56.6. The number of aromatic nitrogens is 4.